The van der Waals surface area contributed by atoms with Gasteiger partial charge in [-0.2, -0.15) is 0 Å². The molecular weight excluding hydrogens is 302 g/mol. The van der Waals surface area contributed by atoms with E-state index in [0.717, 1.165) is 51.0 Å². The second-order valence-electron chi connectivity index (χ2n) is 7.06. The molecule has 0 saturated carbocycles. The molecular formula is C19H27N3O2. The molecule has 0 atom stereocenters. The number of likely N-dealkylation sites (tertiary alicyclic amines) is 1. The molecule has 1 aromatic rings. The number of nitrogens with zero attached hydrogens (tertiary/aromatic N) is 3. The highest BCUT2D eigenvalue weighted by atomic mass is 16.2. The van der Waals surface area contributed by atoms with Crippen molar-refractivity contribution >= 4 is 17.5 Å². The van der Waals surface area contributed by atoms with E-state index in [2.05, 4.69) is 11.0 Å². The van der Waals surface area contributed by atoms with Crippen LogP contribution in [0.4, 0.5) is 5.69 Å². The zero-order valence-electron chi connectivity index (χ0n) is 14.7. The fourth-order valence-corrected chi connectivity index (χ4v) is 3.77. The highest BCUT2D eigenvalue weighted by Crippen LogP contribution is 2.27. The van der Waals surface area contributed by atoms with Gasteiger partial charge >= 0.3 is 0 Å². The van der Waals surface area contributed by atoms with Crippen LogP contribution in [0.25, 0.3) is 0 Å². The molecule has 0 aromatic heterocycles. The topological polar surface area (TPSA) is 43.9 Å². The SMILES string of the molecule is CN(C)C(=O)C1CCN(CC(=O)N2CCCc3ccccc32)CC1. The lowest BCUT2D eigenvalue weighted by atomic mass is 9.95. The third kappa shape index (κ3) is 3.61. The Morgan fingerprint density at radius 2 is 1.83 bits per heavy atom. The Bertz CT molecular complexity index is 606. The summed E-state index contributed by atoms with van der Waals surface area (Å²) < 4.78 is 0. The zero-order chi connectivity index (χ0) is 17.1. The number of benzene rings is 1. The van der Waals surface area contributed by atoms with Crippen molar-refractivity contribution in [3.8, 4) is 0 Å². The van der Waals surface area contributed by atoms with Gasteiger partial charge in [-0.1, -0.05) is 18.2 Å². The first-order chi connectivity index (χ1) is 11.6. The Labute approximate surface area is 144 Å². The number of amides is 2. The van der Waals surface area contributed by atoms with Gasteiger partial charge in [0.25, 0.3) is 0 Å². The van der Waals surface area contributed by atoms with Crippen LogP contribution in [-0.4, -0.2) is 61.9 Å². The third-order valence-corrected chi connectivity index (χ3v) is 5.15. The summed E-state index contributed by atoms with van der Waals surface area (Å²) in [4.78, 5) is 30.6. The molecule has 2 aliphatic heterocycles. The van der Waals surface area contributed by atoms with Crippen LogP contribution in [0.2, 0.25) is 0 Å². The smallest absolute Gasteiger partial charge is 0.241 e. The molecule has 0 N–H and O–H groups in total. The summed E-state index contributed by atoms with van der Waals surface area (Å²) in [5.74, 6) is 0.507. The van der Waals surface area contributed by atoms with E-state index in [-0.39, 0.29) is 17.7 Å². The first-order valence-electron chi connectivity index (χ1n) is 8.88. The van der Waals surface area contributed by atoms with Crippen LogP contribution in [0, 0.1) is 5.92 Å². The van der Waals surface area contributed by atoms with Crippen LogP contribution in [0.5, 0.6) is 0 Å². The summed E-state index contributed by atoms with van der Waals surface area (Å²) in [7, 11) is 3.62. The van der Waals surface area contributed by atoms with Crippen molar-refractivity contribution in [2.75, 3.05) is 45.2 Å². The summed E-state index contributed by atoms with van der Waals surface area (Å²) in [5, 5.41) is 0. The van der Waals surface area contributed by atoms with Gasteiger partial charge in [-0.25, -0.2) is 0 Å². The number of fused-ring (bicyclic) bond motifs is 1. The van der Waals surface area contributed by atoms with Crippen molar-refractivity contribution in [2.24, 2.45) is 5.92 Å². The van der Waals surface area contributed by atoms with Gasteiger partial charge in [-0.3, -0.25) is 14.5 Å². The molecule has 0 spiro atoms. The molecule has 1 aromatic carbocycles. The summed E-state index contributed by atoms with van der Waals surface area (Å²) in [6, 6.07) is 8.21. The molecule has 2 heterocycles. The molecule has 0 aliphatic carbocycles. The van der Waals surface area contributed by atoms with Crippen LogP contribution in [-0.2, 0) is 16.0 Å². The fourth-order valence-electron chi connectivity index (χ4n) is 3.77. The Hall–Kier alpha value is -1.88. The first-order valence-corrected chi connectivity index (χ1v) is 8.88. The number of carbonyl (C=O) groups is 2. The average molecular weight is 329 g/mol. The fraction of sp³-hybridized carbons (Fsp3) is 0.579. The van der Waals surface area contributed by atoms with Gasteiger partial charge in [-0.05, 0) is 50.4 Å². The first kappa shape index (κ1) is 17.0. The summed E-state index contributed by atoms with van der Waals surface area (Å²) in [6.07, 6.45) is 3.78. The van der Waals surface area contributed by atoms with E-state index in [4.69, 9.17) is 0 Å². The Morgan fingerprint density at radius 3 is 2.54 bits per heavy atom. The minimum atomic E-state index is 0.113. The monoisotopic (exact) mass is 329 g/mol. The lowest BCUT2D eigenvalue weighted by Crippen LogP contribution is -2.46. The van der Waals surface area contributed by atoms with E-state index in [1.165, 1.54) is 5.56 Å². The molecule has 130 valence electrons. The second kappa shape index (κ2) is 7.34. The van der Waals surface area contributed by atoms with E-state index in [1.807, 2.05) is 37.2 Å². The maximum atomic E-state index is 12.8. The number of aryl methyl sites for hydroxylation is 1. The average Bonchev–Trinajstić information content (AvgIpc) is 2.61. The second-order valence-corrected chi connectivity index (χ2v) is 7.06. The van der Waals surface area contributed by atoms with E-state index in [0.29, 0.717) is 6.54 Å². The summed E-state index contributed by atoms with van der Waals surface area (Å²) in [5.41, 5.74) is 2.35. The van der Waals surface area contributed by atoms with Gasteiger partial charge < -0.3 is 9.80 Å². The number of carbonyl (C=O) groups excluding carboxylic acids is 2. The largest absolute Gasteiger partial charge is 0.349 e. The molecule has 0 radical (unpaired) electrons. The van der Waals surface area contributed by atoms with Crippen molar-refractivity contribution in [3.05, 3.63) is 29.8 Å². The van der Waals surface area contributed by atoms with Gasteiger partial charge in [0.2, 0.25) is 11.8 Å². The van der Waals surface area contributed by atoms with Crippen LogP contribution in [0.1, 0.15) is 24.8 Å². The molecule has 0 unspecified atom stereocenters. The Kier molecular flexibility index (Phi) is 5.19. The highest BCUT2D eigenvalue weighted by Gasteiger charge is 2.29. The van der Waals surface area contributed by atoms with Crippen molar-refractivity contribution < 1.29 is 9.59 Å². The summed E-state index contributed by atoms with van der Waals surface area (Å²) in [6.45, 7) is 2.92. The normalized spacial score (nSPS) is 19.0. The van der Waals surface area contributed by atoms with Gasteiger partial charge in [0.05, 0.1) is 6.54 Å². The minimum absolute atomic E-state index is 0.113. The van der Waals surface area contributed by atoms with Gasteiger partial charge in [0.15, 0.2) is 0 Å². The third-order valence-electron chi connectivity index (χ3n) is 5.15. The lowest BCUT2D eigenvalue weighted by Gasteiger charge is -2.35. The van der Waals surface area contributed by atoms with Crippen molar-refractivity contribution in [1.82, 2.24) is 9.80 Å². The van der Waals surface area contributed by atoms with Crippen LogP contribution >= 0.6 is 0 Å². The number of hydrogen-bond donors (Lipinski definition) is 0. The van der Waals surface area contributed by atoms with Crippen LogP contribution in [0.15, 0.2) is 24.3 Å². The molecule has 1 fully saturated rings. The molecule has 2 amide bonds. The standard InChI is InChI=1S/C19H27N3O2/c1-20(2)19(24)16-9-12-21(13-10-16)14-18(23)22-11-5-7-15-6-3-4-8-17(15)22/h3-4,6,8,16H,5,7,9-14H2,1-2H3. The van der Waals surface area contributed by atoms with E-state index in [1.54, 1.807) is 4.90 Å². The molecule has 5 heteroatoms. The molecule has 24 heavy (non-hydrogen) atoms. The zero-order valence-corrected chi connectivity index (χ0v) is 14.7. The molecule has 3 rings (SSSR count). The molecule has 0 bridgehead atoms. The van der Waals surface area contributed by atoms with Crippen molar-refractivity contribution in [3.63, 3.8) is 0 Å². The van der Waals surface area contributed by atoms with Crippen LogP contribution < -0.4 is 4.90 Å². The van der Waals surface area contributed by atoms with Gasteiger partial charge in [0.1, 0.15) is 0 Å². The number of rotatable bonds is 3. The highest BCUT2D eigenvalue weighted by molar-refractivity contribution is 5.96. The molecule has 5 nitrogen and oxygen atoms in total. The van der Waals surface area contributed by atoms with Crippen molar-refractivity contribution in [1.29, 1.82) is 0 Å². The predicted octanol–water partition coefficient (Wildman–Crippen LogP) is 1.77. The number of para-hydroxylation sites is 1. The molecule has 2 aliphatic rings. The number of anilines is 1. The predicted molar refractivity (Wildman–Crippen MR) is 95.0 cm³/mol. The molecule has 1 saturated heterocycles. The number of hydrogen-bond acceptors (Lipinski definition) is 3. The van der Waals surface area contributed by atoms with Gasteiger partial charge in [-0.15, -0.1) is 0 Å². The maximum absolute atomic E-state index is 12.8. The van der Waals surface area contributed by atoms with E-state index >= 15 is 0 Å². The Morgan fingerprint density at radius 1 is 1.12 bits per heavy atom. The summed E-state index contributed by atoms with van der Waals surface area (Å²) >= 11 is 0. The van der Waals surface area contributed by atoms with Crippen LogP contribution in [0.3, 0.4) is 0 Å². The van der Waals surface area contributed by atoms with E-state index < -0.39 is 0 Å². The van der Waals surface area contributed by atoms with Crippen molar-refractivity contribution in [2.45, 2.75) is 25.7 Å². The minimum Gasteiger partial charge on any atom is -0.349 e. The Balaban J connectivity index is 1.56. The maximum Gasteiger partial charge on any atom is 0.241 e. The van der Waals surface area contributed by atoms with Gasteiger partial charge in [0, 0.05) is 32.2 Å². The quantitative estimate of drug-likeness (QED) is 0.849. The van der Waals surface area contributed by atoms with E-state index in [9.17, 15) is 9.59 Å². The number of piperidine rings is 1. The lowest BCUT2D eigenvalue weighted by molar-refractivity contribution is -0.134.